The van der Waals surface area contributed by atoms with E-state index in [9.17, 15) is 18.0 Å². The minimum Gasteiger partial charge on any atom is -0.437 e. The summed E-state index contributed by atoms with van der Waals surface area (Å²) in [6.45, 7) is 9.12. The predicted octanol–water partition coefficient (Wildman–Crippen LogP) is 3.50. The van der Waals surface area contributed by atoms with Crippen molar-refractivity contribution in [3.63, 3.8) is 0 Å². The van der Waals surface area contributed by atoms with Crippen molar-refractivity contribution >= 4 is 6.09 Å². The molecular weight excluding hydrogens is 423 g/mol. The highest BCUT2D eigenvalue weighted by atomic mass is 19.4. The average molecular weight is 456 g/mol. The molecule has 6 nitrogen and oxygen atoms in total. The molecule has 1 amide bonds. The Morgan fingerprint density at radius 1 is 1.00 bits per heavy atom. The van der Waals surface area contributed by atoms with Crippen LogP contribution in [0.25, 0.3) is 0 Å². The number of benzene rings is 1. The van der Waals surface area contributed by atoms with E-state index in [1.165, 1.54) is 16.0 Å². The maximum Gasteiger partial charge on any atom is 0.425 e. The van der Waals surface area contributed by atoms with Gasteiger partial charge in [0.1, 0.15) is 0 Å². The molecule has 9 heteroatoms. The second-order valence-electron chi connectivity index (χ2n) is 9.40. The van der Waals surface area contributed by atoms with Crippen molar-refractivity contribution in [2.75, 3.05) is 52.5 Å². The van der Waals surface area contributed by atoms with Gasteiger partial charge < -0.3 is 14.4 Å². The molecule has 1 aromatic carbocycles. The quantitative estimate of drug-likeness (QED) is 0.680. The zero-order chi connectivity index (χ0) is 22.8. The van der Waals surface area contributed by atoms with Crippen molar-refractivity contribution in [3.05, 3.63) is 35.4 Å². The van der Waals surface area contributed by atoms with Crippen molar-refractivity contribution in [1.29, 1.82) is 0 Å². The van der Waals surface area contributed by atoms with E-state index in [4.69, 9.17) is 4.74 Å². The summed E-state index contributed by atoms with van der Waals surface area (Å²) in [4.78, 5) is 18.2. The Morgan fingerprint density at radius 3 is 2.06 bits per heavy atom. The molecule has 1 unspecified atom stereocenters. The van der Waals surface area contributed by atoms with Crippen LogP contribution in [0.1, 0.15) is 30.9 Å². The zero-order valence-corrected chi connectivity index (χ0v) is 18.6. The van der Waals surface area contributed by atoms with Crippen LogP contribution < -0.4 is 0 Å². The second kappa shape index (κ2) is 9.57. The number of halogens is 3. The number of hydrogen-bond acceptors (Lipinski definition) is 5. The summed E-state index contributed by atoms with van der Waals surface area (Å²) in [7, 11) is 0. The first-order valence-corrected chi connectivity index (χ1v) is 11.4. The molecule has 0 saturated carbocycles. The monoisotopic (exact) mass is 455 g/mol. The fourth-order valence-electron chi connectivity index (χ4n) is 4.81. The molecule has 1 spiro atoms. The molecule has 3 heterocycles. The number of rotatable bonds is 5. The van der Waals surface area contributed by atoms with Crippen molar-refractivity contribution in [2.24, 2.45) is 5.41 Å². The van der Waals surface area contributed by atoms with Crippen LogP contribution in [0.4, 0.5) is 18.0 Å². The highest BCUT2D eigenvalue weighted by Gasteiger charge is 2.46. The molecule has 3 aliphatic rings. The lowest BCUT2D eigenvalue weighted by molar-refractivity contribution is -0.200. The second-order valence-corrected chi connectivity index (χ2v) is 9.40. The zero-order valence-electron chi connectivity index (χ0n) is 18.6. The molecule has 0 bridgehead atoms. The molecule has 1 atom stereocenters. The van der Waals surface area contributed by atoms with Gasteiger partial charge in [0, 0.05) is 52.4 Å². The van der Waals surface area contributed by atoms with Gasteiger partial charge in [-0.2, -0.15) is 13.2 Å². The highest BCUT2D eigenvalue weighted by Crippen LogP contribution is 2.41. The number of morpholine rings is 1. The smallest absolute Gasteiger partial charge is 0.425 e. The lowest BCUT2D eigenvalue weighted by atomic mass is 9.72. The Bertz CT molecular complexity index is 765. The molecule has 1 aromatic rings. The van der Waals surface area contributed by atoms with E-state index in [-0.39, 0.29) is 5.41 Å². The summed E-state index contributed by atoms with van der Waals surface area (Å²) in [5.41, 5.74) is 2.77. The molecule has 3 aliphatic heterocycles. The van der Waals surface area contributed by atoms with Gasteiger partial charge in [-0.3, -0.25) is 9.80 Å². The van der Waals surface area contributed by atoms with Crippen molar-refractivity contribution in [3.8, 4) is 0 Å². The summed E-state index contributed by atoms with van der Waals surface area (Å²) in [5.74, 6) is 0. The third-order valence-electron chi connectivity index (χ3n) is 6.88. The molecular formula is C23H32F3N3O3. The molecule has 3 fully saturated rings. The van der Waals surface area contributed by atoms with Gasteiger partial charge in [-0.05, 0) is 36.3 Å². The molecule has 178 valence electrons. The van der Waals surface area contributed by atoms with Gasteiger partial charge in [0.2, 0.25) is 0 Å². The number of carbonyl (C=O) groups is 1. The normalized spacial score (nSPS) is 23.1. The Morgan fingerprint density at radius 2 is 1.53 bits per heavy atom. The van der Waals surface area contributed by atoms with Gasteiger partial charge >= 0.3 is 12.3 Å². The van der Waals surface area contributed by atoms with Crippen LogP contribution in [-0.4, -0.2) is 85.6 Å². The SMILES string of the molecule is CC(OC(=O)N1CCC2(CC1)CN(Cc1ccc(CN3CCOCC3)cc1)C2)C(F)(F)F. The summed E-state index contributed by atoms with van der Waals surface area (Å²) in [6.07, 6.45) is -5.86. The minimum atomic E-state index is -4.53. The van der Waals surface area contributed by atoms with E-state index in [0.717, 1.165) is 72.2 Å². The molecule has 3 saturated heterocycles. The number of carbonyl (C=O) groups excluding carboxylic acids is 1. The summed E-state index contributed by atoms with van der Waals surface area (Å²) in [6, 6.07) is 8.79. The standard InChI is InChI=1S/C23H32F3N3O3/c1-18(23(24,25)26)32-21(30)29-8-6-22(7-9-29)16-28(17-22)15-20-4-2-19(3-5-20)14-27-10-12-31-13-11-27/h2-5,18H,6-17H2,1H3. The van der Waals surface area contributed by atoms with E-state index in [1.54, 1.807) is 0 Å². The third kappa shape index (κ3) is 5.74. The molecule has 0 radical (unpaired) electrons. The molecule has 0 aliphatic carbocycles. The number of likely N-dealkylation sites (tertiary alicyclic amines) is 2. The van der Waals surface area contributed by atoms with E-state index in [2.05, 4.69) is 38.8 Å². The molecule has 0 N–H and O–H groups in total. The van der Waals surface area contributed by atoms with Gasteiger partial charge in [0.25, 0.3) is 0 Å². The Labute approximate surface area is 187 Å². The summed E-state index contributed by atoms with van der Waals surface area (Å²) >= 11 is 0. The maximum absolute atomic E-state index is 12.6. The first-order chi connectivity index (χ1) is 15.2. The fraction of sp³-hybridized carbons (Fsp3) is 0.696. The summed E-state index contributed by atoms with van der Waals surface area (Å²) in [5, 5.41) is 0. The molecule has 32 heavy (non-hydrogen) atoms. The highest BCUT2D eigenvalue weighted by molar-refractivity contribution is 5.68. The third-order valence-corrected chi connectivity index (χ3v) is 6.88. The van der Waals surface area contributed by atoms with Crippen molar-refractivity contribution < 1.29 is 27.4 Å². The van der Waals surface area contributed by atoms with Gasteiger partial charge in [0.05, 0.1) is 13.2 Å². The van der Waals surface area contributed by atoms with Crippen LogP contribution in [0.5, 0.6) is 0 Å². The maximum atomic E-state index is 12.6. The van der Waals surface area contributed by atoms with Crippen molar-refractivity contribution in [1.82, 2.24) is 14.7 Å². The van der Waals surface area contributed by atoms with Crippen LogP contribution in [0.15, 0.2) is 24.3 Å². The number of amides is 1. The Hall–Kier alpha value is -1.84. The number of nitrogens with zero attached hydrogens (tertiary/aromatic N) is 3. The van der Waals surface area contributed by atoms with Crippen LogP contribution >= 0.6 is 0 Å². The molecule has 0 aromatic heterocycles. The topological polar surface area (TPSA) is 45.2 Å². The Kier molecular flexibility index (Phi) is 6.97. The van der Waals surface area contributed by atoms with Crippen molar-refractivity contribution in [2.45, 2.75) is 45.1 Å². The molecule has 4 rings (SSSR count). The first-order valence-electron chi connectivity index (χ1n) is 11.4. The minimum absolute atomic E-state index is 0.169. The predicted molar refractivity (Wildman–Crippen MR) is 113 cm³/mol. The first kappa shape index (κ1) is 23.3. The number of ether oxygens (including phenoxy) is 2. The van der Waals surface area contributed by atoms with Gasteiger partial charge in [-0.15, -0.1) is 0 Å². The van der Waals surface area contributed by atoms with Crippen LogP contribution in [0.3, 0.4) is 0 Å². The van der Waals surface area contributed by atoms with Crippen LogP contribution in [-0.2, 0) is 22.6 Å². The van der Waals surface area contributed by atoms with Crippen LogP contribution in [0, 0.1) is 5.41 Å². The van der Waals surface area contributed by atoms with E-state index in [1.807, 2.05) is 0 Å². The van der Waals surface area contributed by atoms with Gasteiger partial charge in [-0.1, -0.05) is 24.3 Å². The van der Waals surface area contributed by atoms with E-state index >= 15 is 0 Å². The average Bonchev–Trinajstić information content (AvgIpc) is 2.74. The van der Waals surface area contributed by atoms with Gasteiger partial charge in [0.15, 0.2) is 6.10 Å². The number of piperidine rings is 1. The lowest BCUT2D eigenvalue weighted by Gasteiger charge is -2.54. The number of alkyl halides is 3. The van der Waals surface area contributed by atoms with E-state index < -0.39 is 18.4 Å². The largest absolute Gasteiger partial charge is 0.437 e. The van der Waals surface area contributed by atoms with E-state index in [0.29, 0.717) is 13.1 Å². The summed E-state index contributed by atoms with van der Waals surface area (Å²) < 4.78 is 47.8. The van der Waals surface area contributed by atoms with Crippen LogP contribution in [0.2, 0.25) is 0 Å². The Balaban J connectivity index is 1.18. The fourth-order valence-corrected chi connectivity index (χ4v) is 4.81. The number of hydrogen-bond donors (Lipinski definition) is 0. The lowest BCUT2D eigenvalue weighted by Crippen LogP contribution is -2.60. The van der Waals surface area contributed by atoms with Gasteiger partial charge in [-0.25, -0.2) is 4.79 Å².